The number of azo groups is 1. The predicted molar refractivity (Wildman–Crippen MR) is 70.2 cm³/mol. The first kappa shape index (κ1) is 12.1. The van der Waals surface area contributed by atoms with E-state index in [4.69, 9.17) is 9.47 Å². The summed E-state index contributed by atoms with van der Waals surface area (Å²) in [5, 5.41) is 8.30. The van der Waals surface area contributed by atoms with E-state index in [1.54, 1.807) is 14.2 Å². The second kappa shape index (κ2) is 5.82. The molecule has 0 aliphatic carbocycles. The van der Waals surface area contributed by atoms with Crippen LogP contribution in [0.5, 0.6) is 11.5 Å². The number of hydrogen-bond donors (Lipinski definition) is 0. The number of rotatable bonds is 4. The average molecular weight is 242 g/mol. The standard InChI is InChI=1S/C14H14N2O2/c1-17-13-7-3-5-11(9-13)15-16-12-6-4-8-14(10-12)18-2/h3-10H,1-2H3/b16-15+. The fraction of sp³-hybridized carbons (Fsp3) is 0.143. The van der Waals surface area contributed by atoms with Crippen LogP contribution in [0.25, 0.3) is 0 Å². The molecule has 0 bridgehead atoms. The minimum Gasteiger partial charge on any atom is -0.497 e. The van der Waals surface area contributed by atoms with Gasteiger partial charge in [-0.2, -0.15) is 10.2 Å². The molecule has 92 valence electrons. The largest absolute Gasteiger partial charge is 0.497 e. The van der Waals surface area contributed by atoms with Crippen molar-refractivity contribution in [2.75, 3.05) is 14.2 Å². The van der Waals surface area contributed by atoms with Crippen LogP contribution in [0, 0.1) is 0 Å². The maximum Gasteiger partial charge on any atom is 0.121 e. The van der Waals surface area contributed by atoms with Gasteiger partial charge in [0.05, 0.1) is 25.6 Å². The third-order valence-corrected chi connectivity index (χ3v) is 2.39. The van der Waals surface area contributed by atoms with Crippen molar-refractivity contribution >= 4 is 11.4 Å². The molecule has 0 spiro atoms. The highest BCUT2D eigenvalue weighted by Gasteiger charge is 1.95. The van der Waals surface area contributed by atoms with Gasteiger partial charge in [-0.1, -0.05) is 12.1 Å². The summed E-state index contributed by atoms with van der Waals surface area (Å²) < 4.78 is 10.2. The Balaban J connectivity index is 2.18. The van der Waals surface area contributed by atoms with Crippen LogP contribution < -0.4 is 9.47 Å². The van der Waals surface area contributed by atoms with E-state index in [0.717, 1.165) is 22.9 Å². The molecule has 0 saturated carbocycles. The molecule has 2 aromatic rings. The highest BCUT2D eigenvalue weighted by atomic mass is 16.5. The van der Waals surface area contributed by atoms with Gasteiger partial charge in [0.25, 0.3) is 0 Å². The normalized spacial score (nSPS) is 10.6. The van der Waals surface area contributed by atoms with E-state index in [2.05, 4.69) is 10.2 Å². The van der Waals surface area contributed by atoms with E-state index in [0.29, 0.717) is 0 Å². The second-order valence-corrected chi connectivity index (χ2v) is 3.60. The number of hydrogen-bond acceptors (Lipinski definition) is 4. The molecule has 0 fully saturated rings. The predicted octanol–water partition coefficient (Wildman–Crippen LogP) is 4.12. The van der Waals surface area contributed by atoms with Crippen molar-refractivity contribution in [2.45, 2.75) is 0 Å². The lowest BCUT2D eigenvalue weighted by atomic mass is 10.3. The first-order chi connectivity index (χ1) is 8.81. The maximum absolute atomic E-state index is 5.12. The minimum absolute atomic E-state index is 0.747. The van der Waals surface area contributed by atoms with Crippen molar-refractivity contribution in [3.63, 3.8) is 0 Å². The van der Waals surface area contributed by atoms with Gasteiger partial charge in [-0.05, 0) is 24.3 Å². The molecule has 0 radical (unpaired) electrons. The van der Waals surface area contributed by atoms with Crippen LogP contribution in [0.4, 0.5) is 11.4 Å². The zero-order valence-electron chi connectivity index (χ0n) is 10.3. The van der Waals surface area contributed by atoms with Crippen LogP contribution in [0.3, 0.4) is 0 Å². The molecule has 0 saturated heterocycles. The lowest BCUT2D eigenvalue weighted by Gasteiger charge is -2.00. The Kier molecular flexibility index (Phi) is 3.91. The summed E-state index contributed by atoms with van der Waals surface area (Å²) >= 11 is 0. The van der Waals surface area contributed by atoms with Crippen molar-refractivity contribution in [1.82, 2.24) is 0 Å². The summed E-state index contributed by atoms with van der Waals surface area (Å²) in [6.45, 7) is 0. The lowest BCUT2D eigenvalue weighted by Crippen LogP contribution is -1.80. The van der Waals surface area contributed by atoms with Gasteiger partial charge in [-0.25, -0.2) is 0 Å². The molecule has 18 heavy (non-hydrogen) atoms. The van der Waals surface area contributed by atoms with Crippen LogP contribution in [-0.4, -0.2) is 14.2 Å². The molecule has 0 aliphatic rings. The van der Waals surface area contributed by atoms with E-state index in [-0.39, 0.29) is 0 Å². The molecule has 0 unspecified atom stereocenters. The fourth-order valence-corrected chi connectivity index (χ4v) is 1.46. The number of benzene rings is 2. The van der Waals surface area contributed by atoms with E-state index in [9.17, 15) is 0 Å². The van der Waals surface area contributed by atoms with Crippen LogP contribution in [0.2, 0.25) is 0 Å². The van der Waals surface area contributed by atoms with Gasteiger partial charge in [0.2, 0.25) is 0 Å². The lowest BCUT2D eigenvalue weighted by molar-refractivity contribution is 0.414. The monoisotopic (exact) mass is 242 g/mol. The van der Waals surface area contributed by atoms with Gasteiger partial charge >= 0.3 is 0 Å². The Hall–Kier alpha value is -2.36. The zero-order chi connectivity index (χ0) is 12.8. The smallest absolute Gasteiger partial charge is 0.121 e. The minimum atomic E-state index is 0.747. The molecular weight excluding hydrogens is 228 g/mol. The molecule has 0 amide bonds. The number of methoxy groups -OCH3 is 2. The van der Waals surface area contributed by atoms with Crippen molar-refractivity contribution in [2.24, 2.45) is 10.2 Å². The molecule has 2 aromatic carbocycles. The van der Waals surface area contributed by atoms with Gasteiger partial charge < -0.3 is 9.47 Å². The first-order valence-corrected chi connectivity index (χ1v) is 5.51. The summed E-state index contributed by atoms with van der Waals surface area (Å²) in [6.07, 6.45) is 0. The Morgan fingerprint density at radius 2 is 1.17 bits per heavy atom. The third kappa shape index (κ3) is 3.07. The van der Waals surface area contributed by atoms with E-state index in [1.807, 2.05) is 48.5 Å². The van der Waals surface area contributed by atoms with Gasteiger partial charge in [-0.3, -0.25) is 0 Å². The highest BCUT2D eigenvalue weighted by molar-refractivity contribution is 5.46. The molecule has 0 N–H and O–H groups in total. The molecular formula is C14H14N2O2. The molecule has 4 nitrogen and oxygen atoms in total. The van der Waals surface area contributed by atoms with E-state index in [1.165, 1.54) is 0 Å². The molecule has 0 aliphatic heterocycles. The number of nitrogens with zero attached hydrogens (tertiary/aromatic N) is 2. The maximum atomic E-state index is 5.12. The first-order valence-electron chi connectivity index (χ1n) is 5.51. The molecule has 4 heteroatoms. The zero-order valence-corrected chi connectivity index (χ0v) is 10.3. The Morgan fingerprint density at radius 3 is 1.56 bits per heavy atom. The SMILES string of the molecule is COc1cccc(/N=N/c2cccc(OC)c2)c1. The van der Waals surface area contributed by atoms with Gasteiger partial charge in [0.15, 0.2) is 0 Å². The quantitative estimate of drug-likeness (QED) is 0.757. The van der Waals surface area contributed by atoms with E-state index < -0.39 is 0 Å². The van der Waals surface area contributed by atoms with Crippen molar-refractivity contribution in [3.8, 4) is 11.5 Å². The second-order valence-electron chi connectivity index (χ2n) is 3.60. The Bertz CT molecular complexity index is 503. The van der Waals surface area contributed by atoms with Gasteiger partial charge in [-0.15, -0.1) is 0 Å². The van der Waals surface area contributed by atoms with Gasteiger partial charge in [0.1, 0.15) is 11.5 Å². The van der Waals surface area contributed by atoms with Crippen LogP contribution >= 0.6 is 0 Å². The Labute approximate surface area is 106 Å². The average Bonchev–Trinajstić information content (AvgIpc) is 2.45. The molecule has 0 atom stereocenters. The Morgan fingerprint density at radius 1 is 0.722 bits per heavy atom. The fourth-order valence-electron chi connectivity index (χ4n) is 1.46. The van der Waals surface area contributed by atoms with Crippen LogP contribution in [-0.2, 0) is 0 Å². The van der Waals surface area contributed by atoms with Crippen molar-refractivity contribution in [3.05, 3.63) is 48.5 Å². The summed E-state index contributed by atoms with van der Waals surface area (Å²) in [5.74, 6) is 1.52. The van der Waals surface area contributed by atoms with Crippen LogP contribution in [0.15, 0.2) is 58.8 Å². The molecule has 2 rings (SSSR count). The molecule has 0 heterocycles. The van der Waals surface area contributed by atoms with E-state index >= 15 is 0 Å². The highest BCUT2D eigenvalue weighted by Crippen LogP contribution is 2.24. The van der Waals surface area contributed by atoms with Gasteiger partial charge in [0, 0.05) is 12.1 Å². The van der Waals surface area contributed by atoms with Crippen molar-refractivity contribution in [1.29, 1.82) is 0 Å². The van der Waals surface area contributed by atoms with Crippen molar-refractivity contribution < 1.29 is 9.47 Å². The number of ether oxygens (including phenoxy) is 2. The summed E-state index contributed by atoms with van der Waals surface area (Å²) in [4.78, 5) is 0. The summed E-state index contributed by atoms with van der Waals surface area (Å²) in [6, 6.07) is 14.9. The van der Waals surface area contributed by atoms with Crippen LogP contribution in [0.1, 0.15) is 0 Å². The topological polar surface area (TPSA) is 43.2 Å². The third-order valence-electron chi connectivity index (χ3n) is 2.39. The molecule has 0 aromatic heterocycles. The summed E-state index contributed by atoms with van der Waals surface area (Å²) in [7, 11) is 3.25. The summed E-state index contributed by atoms with van der Waals surface area (Å²) in [5.41, 5.74) is 1.49.